The molecule has 5 amide bonds. The van der Waals surface area contributed by atoms with E-state index in [4.69, 9.17) is 11.6 Å². The number of carbonyl (C=O) groups excluding carboxylic acids is 5. The van der Waals surface area contributed by atoms with Crippen molar-refractivity contribution in [2.45, 2.75) is 37.8 Å². The summed E-state index contributed by atoms with van der Waals surface area (Å²) in [5.74, 6) is -7.68. The van der Waals surface area contributed by atoms with Gasteiger partial charge in [-0.25, -0.2) is 4.79 Å². The van der Waals surface area contributed by atoms with E-state index in [1.165, 1.54) is 36.4 Å². The number of fused-ring (bicyclic) bond motifs is 1. The maximum Gasteiger partial charge on any atom is 0.353 e. The van der Waals surface area contributed by atoms with Crippen LogP contribution < -0.4 is 16.0 Å². The molecular weight excluding hydrogens is 726 g/mol. The highest BCUT2D eigenvalue weighted by Crippen LogP contribution is 2.41. The smallest absolute Gasteiger partial charge is 0.353 e. The lowest BCUT2D eigenvalue weighted by molar-refractivity contribution is -0.158. The molecule has 284 valence electrons. The van der Waals surface area contributed by atoms with Crippen molar-refractivity contribution in [3.05, 3.63) is 94.1 Å². The SMILES string of the molecule is O=C(CN(CCCCNC(=O)c1cccc(O)c1O)C(=O)c1cccc(O)c1O)N[C@@H](C(=O)NC[C@@H]1C(=O)N2C(C(=O)O)=C(Cl)CC[C@H]12)c1ccccc1. The van der Waals surface area contributed by atoms with E-state index in [9.17, 15) is 54.3 Å². The summed E-state index contributed by atoms with van der Waals surface area (Å²) in [6, 6.07) is 14.2. The minimum atomic E-state index is -1.32. The molecule has 0 spiro atoms. The monoisotopic (exact) mass is 763 g/mol. The first-order valence-electron chi connectivity index (χ1n) is 17.0. The topological polar surface area (TPSA) is 246 Å². The molecule has 0 aliphatic carbocycles. The molecule has 3 atom stereocenters. The summed E-state index contributed by atoms with van der Waals surface area (Å²) in [7, 11) is 0. The molecule has 2 heterocycles. The van der Waals surface area contributed by atoms with Gasteiger partial charge >= 0.3 is 5.97 Å². The fourth-order valence-corrected chi connectivity index (χ4v) is 6.66. The summed E-state index contributed by atoms with van der Waals surface area (Å²) in [4.78, 5) is 80.1. The van der Waals surface area contributed by atoms with E-state index < -0.39 is 83.0 Å². The molecule has 2 aliphatic heterocycles. The average Bonchev–Trinajstić information content (AvgIpc) is 3.15. The minimum Gasteiger partial charge on any atom is -0.504 e. The maximum absolute atomic E-state index is 13.6. The van der Waals surface area contributed by atoms with E-state index in [1.807, 2.05) is 0 Å². The number of para-hydroxylation sites is 2. The first-order chi connectivity index (χ1) is 25.8. The number of phenols is 4. The predicted molar refractivity (Wildman–Crippen MR) is 191 cm³/mol. The Morgan fingerprint density at radius 3 is 2.17 bits per heavy atom. The number of β-lactam (4-membered cyclic amide) rings is 1. The first kappa shape index (κ1) is 38.9. The van der Waals surface area contributed by atoms with Gasteiger partial charge in [0.2, 0.25) is 17.7 Å². The summed E-state index contributed by atoms with van der Waals surface area (Å²) in [5, 5.41) is 57.6. The zero-order valence-electron chi connectivity index (χ0n) is 28.7. The molecule has 0 aromatic heterocycles. The highest BCUT2D eigenvalue weighted by atomic mass is 35.5. The number of nitrogens with one attached hydrogen (secondary N) is 3. The quantitative estimate of drug-likeness (QED) is 0.0634. The first-order valence-corrected chi connectivity index (χ1v) is 17.3. The number of hydrogen-bond acceptors (Lipinski definition) is 10. The Labute approximate surface area is 313 Å². The van der Waals surface area contributed by atoms with Gasteiger partial charge in [-0.1, -0.05) is 54.1 Å². The normalized spacial score (nSPS) is 16.8. The van der Waals surface area contributed by atoms with Crippen LogP contribution in [-0.4, -0.2) is 103 Å². The Kier molecular flexibility index (Phi) is 12.3. The van der Waals surface area contributed by atoms with Gasteiger partial charge in [-0.15, -0.1) is 0 Å². The third kappa shape index (κ3) is 8.50. The lowest BCUT2D eigenvalue weighted by Crippen LogP contribution is -2.65. The van der Waals surface area contributed by atoms with Crippen molar-refractivity contribution >= 4 is 47.1 Å². The molecule has 16 nitrogen and oxygen atoms in total. The van der Waals surface area contributed by atoms with Crippen LogP contribution in [0.5, 0.6) is 23.0 Å². The number of benzene rings is 3. The molecule has 17 heteroatoms. The minimum absolute atomic E-state index is 0.0602. The van der Waals surface area contributed by atoms with E-state index in [-0.39, 0.29) is 54.3 Å². The molecule has 1 fully saturated rings. The molecular formula is C37H38ClN5O11. The number of rotatable bonds is 15. The second kappa shape index (κ2) is 17.0. The van der Waals surface area contributed by atoms with Gasteiger partial charge < -0.3 is 51.3 Å². The van der Waals surface area contributed by atoms with Crippen molar-refractivity contribution in [3.8, 4) is 23.0 Å². The third-order valence-corrected chi connectivity index (χ3v) is 9.54. The number of aromatic hydroxyl groups is 4. The highest BCUT2D eigenvalue weighted by molar-refractivity contribution is 6.32. The number of allylic oxidation sites excluding steroid dienone is 1. The molecule has 0 bridgehead atoms. The number of nitrogens with zero attached hydrogens (tertiary/aromatic N) is 2. The number of amides is 5. The number of aliphatic carboxylic acids is 1. The van der Waals surface area contributed by atoms with Crippen LogP contribution in [0.25, 0.3) is 0 Å². The fourth-order valence-electron chi connectivity index (χ4n) is 6.38. The summed E-state index contributed by atoms with van der Waals surface area (Å²) in [5.41, 5.74) is -0.296. The number of hydrogen-bond donors (Lipinski definition) is 8. The lowest BCUT2D eigenvalue weighted by Gasteiger charge is -2.49. The van der Waals surface area contributed by atoms with E-state index >= 15 is 0 Å². The Morgan fingerprint density at radius 1 is 0.852 bits per heavy atom. The van der Waals surface area contributed by atoms with Gasteiger partial charge in [0.05, 0.1) is 29.6 Å². The number of carbonyl (C=O) groups is 6. The molecule has 8 N–H and O–H groups in total. The van der Waals surface area contributed by atoms with Crippen LogP contribution in [0.1, 0.15) is 58.0 Å². The fraction of sp³-hybridized carbons (Fsp3) is 0.297. The maximum atomic E-state index is 13.6. The number of phenolic OH excluding ortho intramolecular Hbond substituents is 4. The van der Waals surface area contributed by atoms with Gasteiger partial charge in [0.1, 0.15) is 11.7 Å². The summed E-state index contributed by atoms with van der Waals surface area (Å²) >= 11 is 6.08. The van der Waals surface area contributed by atoms with Gasteiger partial charge in [0.15, 0.2) is 23.0 Å². The Balaban J connectivity index is 1.25. The van der Waals surface area contributed by atoms with Gasteiger partial charge in [-0.3, -0.25) is 24.0 Å². The largest absolute Gasteiger partial charge is 0.504 e. The van der Waals surface area contributed by atoms with Gasteiger partial charge in [-0.05, 0) is 55.5 Å². The van der Waals surface area contributed by atoms with Crippen molar-refractivity contribution in [1.82, 2.24) is 25.8 Å². The van der Waals surface area contributed by atoms with Crippen molar-refractivity contribution in [3.63, 3.8) is 0 Å². The van der Waals surface area contributed by atoms with E-state index in [2.05, 4.69) is 16.0 Å². The van der Waals surface area contributed by atoms with Crippen molar-refractivity contribution in [2.75, 3.05) is 26.2 Å². The predicted octanol–water partition coefficient (Wildman–Crippen LogP) is 2.29. The van der Waals surface area contributed by atoms with E-state index in [0.29, 0.717) is 18.4 Å². The van der Waals surface area contributed by atoms with Crippen LogP contribution in [0.15, 0.2) is 77.5 Å². The second-order valence-electron chi connectivity index (χ2n) is 12.7. The average molecular weight is 764 g/mol. The zero-order valence-corrected chi connectivity index (χ0v) is 29.5. The Morgan fingerprint density at radius 2 is 1.50 bits per heavy atom. The number of halogens is 1. The Bertz CT molecular complexity index is 1990. The van der Waals surface area contributed by atoms with Crippen molar-refractivity contribution in [2.24, 2.45) is 5.92 Å². The molecule has 0 radical (unpaired) electrons. The third-order valence-electron chi connectivity index (χ3n) is 9.17. The molecule has 54 heavy (non-hydrogen) atoms. The van der Waals surface area contributed by atoms with E-state index in [1.54, 1.807) is 30.3 Å². The number of carboxylic acids is 1. The summed E-state index contributed by atoms with van der Waals surface area (Å²) in [6.45, 7) is -0.684. The van der Waals surface area contributed by atoms with Crippen LogP contribution in [0, 0.1) is 5.92 Å². The van der Waals surface area contributed by atoms with Gasteiger partial charge in [-0.2, -0.15) is 0 Å². The van der Waals surface area contributed by atoms with Crippen molar-refractivity contribution in [1.29, 1.82) is 0 Å². The Hall–Kier alpha value is -6.29. The van der Waals surface area contributed by atoms with Crippen LogP contribution in [0.2, 0.25) is 0 Å². The van der Waals surface area contributed by atoms with Crippen LogP contribution >= 0.6 is 11.6 Å². The highest BCUT2D eigenvalue weighted by Gasteiger charge is 2.52. The van der Waals surface area contributed by atoms with Crippen LogP contribution in [-0.2, 0) is 19.2 Å². The van der Waals surface area contributed by atoms with Crippen LogP contribution in [0.3, 0.4) is 0 Å². The van der Waals surface area contributed by atoms with Gasteiger partial charge in [0, 0.05) is 24.7 Å². The summed E-state index contributed by atoms with van der Waals surface area (Å²) < 4.78 is 0. The van der Waals surface area contributed by atoms with Crippen LogP contribution in [0.4, 0.5) is 0 Å². The van der Waals surface area contributed by atoms with Crippen molar-refractivity contribution < 1.29 is 54.3 Å². The second-order valence-corrected chi connectivity index (χ2v) is 13.1. The standard InChI is InChI=1S/C37H38ClN5O11/c38-24-14-15-25-23(36(52)43(25)30(24)37(53)54)18-40-34(50)29(20-8-2-1-3-9-20)41-28(46)19-42(35(51)22-11-7-13-27(45)32(22)48)17-5-4-16-39-33(49)21-10-6-12-26(44)31(21)47/h1-3,6-13,23,25,29,44-45,47-48H,4-5,14-19H2,(H,39,49)(H,40,50)(H,41,46)(H,53,54)/t23-,25+,29+/m0/s1. The molecule has 3 aromatic carbocycles. The molecule has 2 aliphatic rings. The number of carboxylic acid groups (broad SMARTS) is 1. The molecule has 0 unspecified atom stereocenters. The molecule has 5 rings (SSSR count). The summed E-state index contributed by atoms with van der Waals surface area (Å²) in [6.07, 6.45) is 1.21. The van der Waals surface area contributed by atoms with E-state index in [0.717, 1.165) is 9.80 Å². The lowest BCUT2D eigenvalue weighted by atomic mass is 9.81. The van der Waals surface area contributed by atoms with Gasteiger partial charge in [0.25, 0.3) is 11.8 Å². The molecule has 3 aromatic rings. The molecule has 0 saturated carbocycles. The zero-order chi connectivity index (χ0) is 39.1. The number of unbranched alkanes of at least 4 members (excludes halogenated alkanes) is 1. The molecule has 1 saturated heterocycles.